The van der Waals surface area contributed by atoms with Crippen LogP contribution in [0.3, 0.4) is 0 Å². The Morgan fingerprint density at radius 2 is 1.79 bits per heavy atom. The summed E-state index contributed by atoms with van der Waals surface area (Å²) in [7, 11) is 0. The van der Waals surface area contributed by atoms with Crippen LogP contribution in [0.25, 0.3) is 0 Å². The van der Waals surface area contributed by atoms with E-state index < -0.39 is 0 Å². The summed E-state index contributed by atoms with van der Waals surface area (Å²) in [6.07, 6.45) is 1.68. The third-order valence-corrected chi connectivity index (χ3v) is 6.59. The SMILES string of the molecule is Cc1cc(C)cc(Sc2c(/C=N/OCc3ccccc3)c(C)[nH]c(=O)c2I)c1. The molecule has 0 fully saturated rings. The smallest absolute Gasteiger partial charge is 0.262 e. The summed E-state index contributed by atoms with van der Waals surface area (Å²) in [4.78, 5) is 22.6. The lowest BCUT2D eigenvalue weighted by Gasteiger charge is -2.11. The number of nitrogens with zero attached hydrogens (tertiary/aromatic N) is 1. The molecule has 0 bridgehead atoms. The minimum absolute atomic E-state index is 0.0904. The number of aromatic nitrogens is 1. The first-order valence-corrected chi connectivity index (χ1v) is 10.7. The van der Waals surface area contributed by atoms with Crippen LogP contribution in [0.4, 0.5) is 0 Å². The Morgan fingerprint density at radius 1 is 1.11 bits per heavy atom. The Bertz CT molecular complexity index is 1040. The van der Waals surface area contributed by atoms with Crippen LogP contribution >= 0.6 is 34.4 Å². The van der Waals surface area contributed by atoms with Gasteiger partial charge in [0.2, 0.25) is 0 Å². The first-order valence-electron chi connectivity index (χ1n) is 8.82. The van der Waals surface area contributed by atoms with Gasteiger partial charge >= 0.3 is 0 Å². The van der Waals surface area contributed by atoms with Gasteiger partial charge in [0.05, 0.1) is 9.78 Å². The standard InChI is InChI=1S/C22H21IN2O2S/c1-14-9-15(2)11-18(10-14)28-21-19(16(3)25-22(26)20(21)23)12-24-27-13-17-7-5-4-6-8-17/h4-12H,13H2,1-3H3,(H,25,26)/b24-12+. The van der Waals surface area contributed by atoms with Gasteiger partial charge in [-0.3, -0.25) is 4.79 Å². The van der Waals surface area contributed by atoms with E-state index in [-0.39, 0.29) is 5.56 Å². The van der Waals surface area contributed by atoms with Gasteiger partial charge in [0.1, 0.15) is 6.61 Å². The van der Waals surface area contributed by atoms with Crippen molar-refractivity contribution in [2.24, 2.45) is 5.16 Å². The van der Waals surface area contributed by atoms with E-state index in [9.17, 15) is 4.79 Å². The third kappa shape index (κ3) is 5.26. The Morgan fingerprint density at radius 3 is 2.46 bits per heavy atom. The number of H-pyrrole nitrogens is 1. The van der Waals surface area contributed by atoms with Crippen molar-refractivity contribution in [3.63, 3.8) is 0 Å². The molecule has 144 valence electrons. The van der Waals surface area contributed by atoms with Gasteiger partial charge in [-0.15, -0.1) is 0 Å². The number of nitrogens with one attached hydrogen (secondary N) is 1. The second kappa shape index (κ2) is 9.43. The van der Waals surface area contributed by atoms with Crippen molar-refractivity contribution in [3.8, 4) is 0 Å². The quantitative estimate of drug-likeness (QED) is 0.270. The number of pyridine rings is 1. The normalized spacial score (nSPS) is 11.1. The maximum atomic E-state index is 12.3. The Kier molecular flexibility index (Phi) is 6.96. The number of hydrogen-bond acceptors (Lipinski definition) is 4. The lowest BCUT2D eigenvalue weighted by atomic mass is 10.2. The maximum absolute atomic E-state index is 12.3. The summed E-state index contributed by atoms with van der Waals surface area (Å²) < 4.78 is 0.650. The molecule has 3 rings (SSSR count). The van der Waals surface area contributed by atoms with E-state index >= 15 is 0 Å². The molecule has 0 aliphatic rings. The van der Waals surface area contributed by atoms with Crippen LogP contribution in [0.5, 0.6) is 0 Å². The van der Waals surface area contributed by atoms with Crippen LogP contribution in [-0.4, -0.2) is 11.2 Å². The zero-order chi connectivity index (χ0) is 20.1. The van der Waals surface area contributed by atoms with Crippen molar-refractivity contribution in [1.29, 1.82) is 0 Å². The molecule has 0 atom stereocenters. The molecule has 0 aliphatic heterocycles. The van der Waals surface area contributed by atoms with Gasteiger partial charge in [-0.1, -0.05) is 53.3 Å². The van der Waals surface area contributed by atoms with E-state index in [1.54, 1.807) is 18.0 Å². The fraction of sp³-hybridized carbons (Fsp3) is 0.182. The number of aromatic amines is 1. The number of oxime groups is 1. The highest BCUT2D eigenvalue weighted by atomic mass is 127. The van der Waals surface area contributed by atoms with Crippen LogP contribution < -0.4 is 5.56 Å². The van der Waals surface area contributed by atoms with Gasteiger partial charge < -0.3 is 9.82 Å². The molecule has 0 radical (unpaired) electrons. The summed E-state index contributed by atoms with van der Waals surface area (Å²) in [5.41, 5.74) is 4.98. The summed E-state index contributed by atoms with van der Waals surface area (Å²) in [5, 5.41) is 4.14. The Balaban J connectivity index is 1.88. The van der Waals surface area contributed by atoms with E-state index in [0.29, 0.717) is 10.2 Å². The molecule has 0 saturated carbocycles. The molecule has 2 aromatic carbocycles. The number of hydrogen-bond donors (Lipinski definition) is 1. The van der Waals surface area contributed by atoms with Gasteiger partial charge in [-0.05, 0) is 72.2 Å². The van der Waals surface area contributed by atoms with Gasteiger partial charge in [0.15, 0.2) is 0 Å². The maximum Gasteiger partial charge on any atom is 0.262 e. The summed E-state index contributed by atoms with van der Waals surface area (Å²) in [6.45, 7) is 6.42. The lowest BCUT2D eigenvalue weighted by Crippen LogP contribution is -2.15. The highest BCUT2D eigenvalue weighted by Gasteiger charge is 2.15. The van der Waals surface area contributed by atoms with Gasteiger partial charge in [0.25, 0.3) is 5.56 Å². The van der Waals surface area contributed by atoms with Crippen LogP contribution in [0, 0.1) is 24.3 Å². The summed E-state index contributed by atoms with van der Waals surface area (Å²) >= 11 is 3.67. The number of aryl methyl sites for hydroxylation is 3. The molecule has 1 heterocycles. The minimum atomic E-state index is -0.0904. The van der Waals surface area contributed by atoms with E-state index in [1.807, 2.05) is 37.3 Å². The van der Waals surface area contributed by atoms with E-state index in [4.69, 9.17) is 4.84 Å². The van der Waals surface area contributed by atoms with Crippen LogP contribution in [-0.2, 0) is 11.4 Å². The number of benzene rings is 2. The summed E-state index contributed by atoms with van der Waals surface area (Å²) in [5.74, 6) is 0. The molecular weight excluding hydrogens is 483 g/mol. The van der Waals surface area contributed by atoms with Crippen molar-refractivity contribution < 1.29 is 4.84 Å². The first kappa shape index (κ1) is 20.7. The molecule has 0 amide bonds. The minimum Gasteiger partial charge on any atom is -0.391 e. The Labute approximate surface area is 182 Å². The van der Waals surface area contributed by atoms with Crippen LogP contribution in [0.1, 0.15) is 27.9 Å². The van der Waals surface area contributed by atoms with Crippen LogP contribution in [0.15, 0.2) is 68.3 Å². The molecule has 3 aromatic rings. The van der Waals surface area contributed by atoms with Crippen molar-refractivity contribution in [3.05, 3.63) is 90.4 Å². The topological polar surface area (TPSA) is 54.4 Å². The zero-order valence-corrected chi connectivity index (χ0v) is 18.9. The monoisotopic (exact) mass is 504 g/mol. The lowest BCUT2D eigenvalue weighted by molar-refractivity contribution is 0.132. The third-order valence-electron chi connectivity index (χ3n) is 4.09. The molecule has 4 nitrogen and oxygen atoms in total. The molecule has 0 aliphatic carbocycles. The average Bonchev–Trinajstić information content (AvgIpc) is 2.65. The molecule has 1 N–H and O–H groups in total. The molecule has 6 heteroatoms. The number of rotatable bonds is 6. The van der Waals surface area contributed by atoms with Crippen molar-refractivity contribution in [2.45, 2.75) is 37.2 Å². The van der Waals surface area contributed by atoms with E-state index in [2.05, 4.69) is 64.8 Å². The van der Waals surface area contributed by atoms with E-state index in [0.717, 1.165) is 26.6 Å². The second-order valence-electron chi connectivity index (χ2n) is 6.55. The fourth-order valence-electron chi connectivity index (χ4n) is 2.83. The predicted molar refractivity (Wildman–Crippen MR) is 123 cm³/mol. The van der Waals surface area contributed by atoms with Crippen LogP contribution in [0.2, 0.25) is 0 Å². The highest BCUT2D eigenvalue weighted by molar-refractivity contribution is 14.1. The van der Waals surface area contributed by atoms with Crippen molar-refractivity contribution in [2.75, 3.05) is 0 Å². The molecule has 0 saturated heterocycles. The highest BCUT2D eigenvalue weighted by Crippen LogP contribution is 2.34. The molecule has 1 aromatic heterocycles. The molecule has 0 spiro atoms. The van der Waals surface area contributed by atoms with Crippen molar-refractivity contribution in [1.82, 2.24) is 4.98 Å². The molecule has 0 unspecified atom stereocenters. The van der Waals surface area contributed by atoms with Crippen molar-refractivity contribution >= 4 is 40.6 Å². The predicted octanol–water partition coefficient (Wildman–Crippen LogP) is 5.61. The first-order chi connectivity index (χ1) is 13.4. The fourth-order valence-corrected chi connectivity index (χ4v) is 4.80. The van der Waals surface area contributed by atoms with Gasteiger partial charge in [0, 0.05) is 21.0 Å². The zero-order valence-electron chi connectivity index (χ0n) is 16.0. The Hall–Kier alpha value is -2.06. The number of halogens is 1. The van der Waals surface area contributed by atoms with Gasteiger partial charge in [-0.25, -0.2) is 0 Å². The molecule has 28 heavy (non-hydrogen) atoms. The molecular formula is C22H21IN2O2S. The van der Waals surface area contributed by atoms with E-state index in [1.165, 1.54) is 11.1 Å². The average molecular weight is 504 g/mol. The van der Waals surface area contributed by atoms with Gasteiger partial charge in [-0.2, -0.15) is 0 Å². The summed E-state index contributed by atoms with van der Waals surface area (Å²) in [6, 6.07) is 16.3. The largest absolute Gasteiger partial charge is 0.391 e. The second-order valence-corrected chi connectivity index (χ2v) is 8.72.